The van der Waals surface area contributed by atoms with Crippen LogP contribution >= 0.6 is 0 Å². The molecule has 29 heavy (non-hydrogen) atoms. The molecule has 0 aliphatic carbocycles. The Kier molecular flexibility index (Phi) is 7.61. The van der Waals surface area contributed by atoms with Crippen molar-refractivity contribution in [1.82, 2.24) is 9.88 Å². The monoisotopic (exact) mass is 397 g/mol. The molecule has 0 spiro atoms. The van der Waals surface area contributed by atoms with Crippen molar-refractivity contribution >= 4 is 17.3 Å². The lowest BCUT2D eigenvalue weighted by molar-refractivity contribution is 0.100. The molecule has 0 aliphatic heterocycles. The molecule has 2 aromatic rings. The lowest BCUT2D eigenvalue weighted by Gasteiger charge is -2.27. The molecule has 7 nitrogen and oxygen atoms in total. The Morgan fingerprint density at radius 2 is 2.07 bits per heavy atom. The van der Waals surface area contributed by atoms with Gasteiger partial charge in [0.2, 0.25) is 0 Å². The quantitative estimate of drug-likeness (QED) is 0.573. The van der Waals surface area contributed by atoms with Crippen molar-refractivity contribution in [3.8, 4) is 11.1 Å². The summed E-state index contributed by atoms with van der Waals surface area (Å²) in [6.45, 7) is 9.76. The Morgan fingerprint density at radius 1 is 1.34 bits per heavy atom. The largest absolute Gasteiger partial charge is 0.373 e. The van der Waals surface area contributed by atoms with Crippen molar-refractivity contribution in [2.24, 2.45) is 5.73 Å². The SMILES string of the molecule is C=CNc1c(CC)c(-c2ccc(=O)n(CC)c2)cc(N(C)CCNC)c1C(N)=O. The number of carbonyl (C=O) groups excluding carboxylic acids is 1. The molecular formula is C22H31N5O2. The van der Waals surface area contributed by atoms with Gasteiger partial charge in [-0.3, -0.25) is 9.59 Å². The minimum Gasteiger partial charge on any atom is -0.373 e. The molecule has 156 valence electrons. The Hall–Kier alpha value is -3.06. The van der Waals surface area contributed by atoms with Crippen molar-refractivity contribution in [3.63, 3.8) is 0 Å². The van der Waals surface area contributed by atoms with Crippen LogP contribution in [0.4, 0.5) is 11.4 Å². The molecule has 4 N–H and O–H groups in total. The Labute approximate surface area is 172 Å². The molecule has 0 aliphatic rings. The molecule has 0 unspecified atom stereocenters. The Balaban J connectivity index is 2.85. The van der Waals surface area contributed by atoms with Crippen molar-refractivity contribution < 1.29 is 4.79 Å². The van der Waals surface area contributed by atoms with E-state index in [9.17, 15) is 9.59 Å². The third kappa shape index (κ3) is 4.68. The number of nitrogens with two attached hydrogens (primary N) is 1. The third-order valence-corrected chi connectivity index (χ3v) is 5.00. The van der Waals surface area contributed by atoms with Crippen LogP contribution in [-0.4, -0.2) is 37.7 Å². The second kappa shape index (κ2) is 9.93. The van der Waals surface area contributed by atoms with Gasteiger partial charge in [-0.1, -0.05) is 13.5 Å². The zero-order valence-electron chi connectivity index (χ0n) is 17.7. The van der Waals surface area contributed by atoms with Crippen LogP contribution in [0.2, 0.25) is 0 Å². The summed E-state index contributed by atoms with van der Waals surface area (Å²) < 4.78 is 1.67. The summed E-state index contributed by atoms with van der Waals surface area (Å²) in [4.78, 5) is 26.5. The van der Waals surface area contributed by atoms with Crippen LogP contribution in [0.1, 0.15) is 29.8 Å². The molecular weight excluding hydrogens is 366 g/mol. The van der Waals surface area contributed by atoms with Gasteiger partial charge in [-0.05, 0) is 55.4 Å². The standard InChI is InChI=1S/C22H31N5O2/c1-6-16-17(15-9-10-19(28)27(8-3)14-15)13-18(26(5)12-11-24-4)20(22(23)29)21(16)25-7-2/h7,9-10,13-14,24-25H,2,6,8,11-12H2,1,3-5H3,(H2,23,29). The van der Waals surface area contributed by atoms with Gasteiger partial charge in [-0.15, -0.1) is 0 Å². The highest BCUT2D eigenvalue weighted by molar-refractivity contribution is 6.06. The van der Waals surface area contributed by atoms with Gasteiger partial charge in [-0.25, -0.2) is 0 Å². The minimum atomic E-state index is -0.500. The number of aryl methyl sites for hydroxylation is 1. The summed E-state index contributed by atoms with van der Waals surface area (Å²) in [6, 6.07) is 5.38. The van der Waals surface area contributed by atoms with E-state index in [1.54, 1.807) is 16.8 Å². The predicted octanol–water partition coefficient (Wildman–Crippen LogP) is 2.41. The summed E-state index contributed by atoms with van der Waals surface area (Å²) in [7, 11) is 3.81. The molecule has 2 rings (SSSR count). The highest BCUT2D eigenvalue weighted by atomic mass is 16.1. The Morgan fingerprint density at radius 3 is 2.62 bits per heavy atom. The number of anilines is 2. The van der Waals surface area contributed by atoms with Gasteiger partial charge in [0, 0.05) is 38.9 Å². The van der Waals surface area contributed by atoms with Gasteiger partial charge < -0.3 is 25.8 Å². The van der Waals surface area contributed by atoms with Crippen molar-refractivity contribution in [3.05, 3.63) is 58.7 Å². The number of nitrogens with one attached hydrogen (secondary N) is 2. The van der Waals surface area contributed by atoms with E-state index in [1.165, 1.54) is 0 Å². The number of likely N-dealkylation sites (N-methyl/N-ethyl adjacent to an activating group) is 2. The first-order chi connectivity index (χ1) is 13.9. The number of pyridine rings is 1. The van der Waals surface area contributed by atoms with Crippen molar-refractivity contribution in [2.45, 2.75) is 26.8 Å². The van der Waals surface area contributed by atoms with Crippen LogP contribution in [0.3, 0.4) is 0 Å². The Bertz CT molecular complexity index is 949. The van der Waals surface area contributed by atoms with Crippen LogP contribution in [0.25, 0.3) is 11.1 Å². The molecule has 0 radical (unpaired) electrons. The van der Waals surface area contributed by atoms with Gasteiger partial charge in [0.25, 0.3) is 11.5 Å². The molecule has 0 fully saturated rings. The minimum absolute atomic E-state index is 0.0427. The first kappa shape index (κ1) is 22.2. The molecule has 0 bridgehead atoms. The van der Waals surface area contributed by atoms with Gasteiger partial charge in [0.1, 0.15) is 0 Å². The number of amides is 1. The fourth-order valence-corrected chi connectivity index (χ4v) is 3.48. The maximum atomic E-state index is 12.4. The summed E-state index contributed by atoms with van der Waals surface area (Å²) >= 11 is 0. The molecule has 1 heterocycles. The van der Waals surface area contributed by atoms with E-state index in [-0.39, 0.29) is 5.56 Å². The second-order valence-electron chi connectivity index (χ2n) is 6.81. The number of primary amides is 1. The van der Waals surface area contributed by atoms with Crippen LogP contribution in [0.15, 0.2) is 42.0 Å². The van der Waals surface area contributed by atoms with Crippen LogP contribution < -0.4 is 26.8 Å². The number of rotatable bonds is 10. The van der Waals surface area contributed by atoms with E-state index in [4.69, 9.17) is 5.73 Å². The van der Waals surface area contributed by atoms with Crippen LogP contribution in [0, 0.1) is 0 Å². The number of aromatic nitrogens is 1. The van der Waals surface area contributed by atoms with Gasteiger partial charge >= 0.3 is 0 Å². The zero-order chi connectivity index (χ0) is 21.6. The zero-order valence-corrected chi connectivity index (χ0v) is 17.7. The first-order valence-electron chi connectivity index (χ1n) is 9.83. The van der Waals surface area contributed by atoms with Crippen LogP contribution in [-0.2, 0) is 13.0 Å². The van der Waals surface area contributed by atoms with E-state index < -0.39 is 5.91 Å². The number of carbonyl (C=O) groups is 1. The lowest BCUT2D eigenvalue weighted by Crippen LogP contribution is -2.30. The molecule has 1 aromatic heterocycles. The fraction of sp³-hybridized carbons (Fsp3) is 0.364. The number of benzene rings is 1. The normalized spacial score (nSPS) is 10.6. The van der Waals surface area contributed by atoms with E-state index >= 15 is 0 Å². The average Bonchev–Trinajstić information content (AvgIpc) is 2.71. The van der Waals surface area contributed by atoms with Gasteiger partial charge in [0.05, 0.1) is 16.9 Å². The summed E-state index contributed by atoms with van der Waals surface area (Å²) in [5.41, 5.74) is 10.4. The molecule has 1 amide bonds. The number of nitrogens with zero attached hydrogens (tertiary/aromatic N) is 2. The van der Waals surface area contributed by atoms with Crippen LogP contribution in [0.5, 0.6) is 0 Å². The maximum absolute atomic E-state index is 12.4. The van der Waals surface area contributed by atoms with Gasteiger partial charge in [0.15, 0.2) is 0 Å². The summed E-state index contributed by atoms with van der Waals surface area (Å²) in [6.07, 6.45) is 4.09. The van der Waals surface area contributed by atoms with E-state index in [1.807, 2.05) is 51.2 Å². The topological polar surface area (TPSA) is 92.4 Å². The lowest BCUT2D eigenvalue weighted by atomic mass is 9.92. The number of hydrogen-bond donors (Lipinski definition) is 3. The fourth-order valence-electron chi connectivity index (χ4n) is 3.48. The molecule has 0 saturated carbocycles. The molecule has 0 atom stereocenters. The second-order valence-corrected chi connectivity index (χ2v) is 6.81. The smallest absolute Gasteiger partial charge is 0.252 e. The highest BCUT2D eigenvalue weighted by Gasteiger charge is 2.23. The first-order valence-corrected chi connectivity index (χ1v) is 9.83. The van der Waals surface area contributed by atoms with Crippen molar-refractivity contribution in [1.29, 1.82) is 0 Å². The summed E-state index contributed by atoms with van der Waals surface area (Å²) in [5.74, 6) is -0.500. The average molecular weight is 398 g/mol. The molecule has 7 heteroatoms. The summed E-state index contributed by atoms with van der Waals surface area (Å²) in [5, 5.41) is 6.25. The van der Waals surface area contributed by atoms with E-state index in [2.05, 4.69) is 17.2 Å². The van der Waals surface area contributed by atoms with E-state index in [0.29, 0.717) is 30.8 Å². The third-order valence-electron chi connectivity index (χ3n) is 5.00. The van der Waals surface area contributed by atoms with E-state index in [0.717, 1.165) is 28.9 Å². The highest BCUT2D eigenvalue weighted by Crippen LogP contribution is 2.38. The number of hydrogen-bond acceptors (Lipinski definition) is 5. The predicted molar refractivity (Wildman–Crippen MR) is 121 cm³/mol. The molecule has 1 aromatic carbocycles. The maximum Gasteiger partial charge on any atom is 0.252 e. The molecule has 0 saturated heterocycles. The van der Waals surface area contributed by atoms with Gasteiger partial charge in [-0.2, -0.15) is 0 Å². The van der Waals surface area contributed by atoms with Crippen molar-refractivity contribution in [2.75, 3.05) is 37.4 Å².